The van der Waals surface area contributed by atoms with Gasteiger partial charge in [0.25, 0.3) is 0 Å². The maximum atomic E-state index is 8.85. The minimum atomic E-state index is -0.0398. The van der Waals surface area contributed by atoms with Crippen molar-refractivity contribution in [3.8, 4) is 0 Å². The summed E-state index contributed by atoms with van der Waals surface area (Å²) in [5.41, 5.74) is 15.6. The molecule has 0 fully saturated rings. The number of nitrogens with two attached hydrogens (primary N) is 2. The second-order valence-electron chi connectivity index (χ2n) is 6.17. The first-order valence-corrected chi connectivity index (χ1v) is 8.99. The van der Waals surface area contributed by atoms with Crippen LogP contribution in [0.5, 0.6) is 0 Å². The molecule has 0 bridgehead atoms. The number of nitrogens with zero attached hydrogens (tertiary/aromatic N) is 5. The van der Waals surface area contributed by atoms with E-state index in [1.165, 1.54) is 12.4 Å². The Kier molecular flexibility index (Phi) is 6.72. The molecule has 0 aliphatic carbocycles. The number of anilines is 2. The van der Waals surface area contributed by atoms with Crippen LogP contribution in [-0.2, 0) is 17.9 Å². The number of methoxy groups -OCH3 is 1. The number of imidazole rings is 1. The van der Waals surface area contributed by atoms with E-state index >= 15 is 0 Å². The number of allylic oxidation sites excluding steroid dienone is 1. The molecule has 3 heterocycles. The number of nitrogens with one attached hydrogen (secondary N) is 1. The van der Waals surface area contributed by atoms with Crippen LogP contribution in [0.4, 0.5) is 11.6 Å². The maximum Gasteiger partial charge on any atom is 0.169 e. The second-order valence-corrected chi connectivity index (χ2v) is 6.17. The standard InChI is InChI=1S/C19H24N8O2/c1-29-12-15-9-23-17-3-2-13(11-27(15)17)7-25-19-18(21)24-10-16(26-19)14(6-20)8-22-4-5-28/h2-3,6,8-11,28H,4-5,7,12,20H2,1H3,(H2,21,24)(H,25,26). The van der Waals surface area contributed by atoms with Crippen LogP contribution >= 0.6 is 0 Å². The van der Waals surface area contributed by atoms with E-state index in [9.17, 15) is 0 Å². The Balaban J connectivity index is 1.78. The zero-order chi connectivity index (χ0) is 20.6. The van der Waals surface area contributed by atoms with Crippen molar-refractivity contribution in [1.82, 2.24) is 19.4 Å². The first-order chi connectivity index (χ1) is 14.2. The molecule has 3 aromatic rings. The first kappa shape index (κ1) is 20.2. The van der Waals surface area contributed by atoms with Gasteiger partial charge in [-0.25, -0.2) is 15.0 Å². The molecular weight excluding hydrogens is 372 g/mol. The summed E-state index contributed by atoms with van der Waals surface area (Å²) in [7, 11) is 1.65. The molecule has 3 aromatic heterocycles. The molecule has 0 amide bonds. The van der Waals surface area contributed by atoms with Crippen LogP contribution < -0.4 is 16.8 Å². The van der Waals surface area contributed by atoms with E-state index in [2.05, 4.69) is 25.3 Å². The highest BCUT2D eigenvalue weighted by Crippen LogP contribution is 2.18. The Labute approximate surface area is 168 Å². The van der Waals surface area contributed by atoms with Crippen molar-refractivity contribution in [2.24, 2.45) is 10.7 Å². The van der Waals surface area contributed by atoms with Gasteiger partial charge in [0, 0.05) is 37.8 Å². The van der Waals surface area contributed by atoms with E-state index in [-0.39, 0.29) is 19.0 Å². The molecule has 29 heavy (non-hydrogen) atoms. The lowest BCUT2D eigenvalue weighted by atomic mass is 10.2. The second kappa shape index (κ2) is 9.62. The number of hydrogen-bond acceptors (Lipinski definition) is 9. The number of ether oxygens (including phenoxy) is 1. The molecule has 0 saturated heterocycles. The Bertz CT molecular complexity index is 1030. The van der Waals surface area contributed by atoms with Crippen molar-refractivity contribution in [1.29, 1.82) is 0 Å². The fraction of sp³-hybridized carbons (Fsp3) is 0.263. The van der Waals surface area contributed by atoms with E-state index in [1.807, 2.05) is 22.7 Å². The van der Waals surface area contributed by atoms with Crippen molar-refractivity contribution >= 4 is 29.1 Å². The van der Waals surface area contributed by atoms with Crippen LogP contribution in [0.2, 0.25) is 0 Å². The number of aliphatic hydroxyl groups excluding tert-OH is 1. The zero-order valence-electron chi connectivity index (χ0n) is 16.1. The third kappa shape index (κ3) is 4.86. The fourth-order valence-electron chi connectivity index (χ4n) is 2.70. The number of nitrogen functional groups attached to an aromatic ring is 1. The number of aliphatic imine (C=N–C) groups is 1. The van der Waals surface area contributed by atoms with Crippen molar-refractivity contribution < 1.29 is 9.84 Å². The number of aromatic nitrogens is 4. The molecule has 10 heteroatoms. The first-order valence-electron chi connectivity index (χ1n) is 8.99. The molecule has 10 nitrogen and oxygen atoms in total. The van der Waals surface area contributed by atoms with Crippen LogP contribution in [0.15, 0.2) is 41.9 Å². The Morgan fingerprint density at radius 2 is 2.21 bits per heavy atom. The molecule has 0 radical (unpaired) electrons. The zero-order valence-corrected chi connectivity index (χ0v) is 16.1. The molecule has 0 unspecified atom stereocenters. The summed E-state index contributed by atoms with van der Waals surface area (Å²) >= 11 is 0. The summed E-state index contributed by atoms with van der Waals surface area (Å²) in [5.74, 6) is 0.724. The van der Waals surface area contributed by atoms with Crippen molar-refractivity contribution in [2.45, 2.75) is 13.2 Å². The van der Waals surface area contributed by atoms with Gasteiger partial charge in [0.2, 0.25) is 0 Å². The molecule has 3 rings (SSSR count). The van der Waals surface area contributed by atoms with Gasteiger partial charge in [0.15, 0.2) is 11.6 Å². The Hall–Kier alpha value is -3.50. The van der Waals surface area contributed by atoms with Gasteiger partial charge < -0.3 is 31.0 Å². The molecule has 6 N–H and O–H groups in total. The maximum absolute atomic E-state index is 8.85. The normalized spacial score (nSPS) is 12.1. The Morgan fingerprint density at radius 3 is 2.97 bits per heavy atom. The van der Waals surface area contributed by atoms with Crippen LogP contribution in [0.1, 0.15) is 17.0 Å². The van der Waals surface area contributed by atoms with Gasteiger partial charge in [-0.2, -0.15) is 0 Å². The van der Waals surface area contributed by atoms with E-state index in [1.54, 1.807) is 19.5 Å². The van der Waals surface area contributed by atoms with Crippen LogP contribution in [0.25, 0.3) is 11.2 Å². The van der Waals surface area contributed by atoms with E-state index in [4.69, 9.17) is 21.3 Å². The van der Waals surface area contributed by atoms with E-state index in [0.29, 0.717) is 30.2 Å². The van der Waals surface area contributed by atoms with Crippen molar-refractivity contribution in [3.63, 3.8) is 0 Å². The highest BCUT2D eigenvalue weighted by molar-refractivity contribution is 6.08. The minimum absolute atomic E-state index is 0.0398. The summed E-state index contributed by atoms with van der Waals surface area (Å²) < 4.78 is 7.19. The Morgan fingerprint density at radius 1 is 1.34 bits per heavy atom. The average molecular weight is 396 g/mol. The van der Waals surface area contributed by atoms with Gasteiger partial charge in [0.05, 0.1) is 43.5 Å². The van der Waals surface area contributed by atoms with Crippen LogP contribution in [-0.4, -0.2) is 50.9 Å². The lowest BCUT2D eigenvalue weighted by molar-refractivity contribution is 0.181. The van der Waals surface area contributed by atoms with Gasteiger partial charge in [-0.05, 0) is 11.6 Å². The van der Waals surface area contributed by atoms with Gasteiger partial charge in [-0.15, -0.1) is 0 Å². The summed E-state index contributed by atoms with van der Waals surface area (Å²) in [4.78, 5) is 17.1. The molecule has 0 atom stereocenters. The largest absolute Gasteiger partial charge is 0.404 e. The highest BCUT2D eigenvalue weighted by atomic mass is 16.5. The molecule has 0 aliphatic heterocycles. The van der Waals surface area contributed by atoms with E-state index in [0.717, 1.165) is 16.9 Å². The molecule has 152 valence electrons. The lowest BCUT2D eigenvalue weighted by Crippen LogP contribution is -2.09. The number of hydrogen-bond donors (Lipinski definition) is 4. The number of aliphatic hydroxyl groups is 1. The van der Waals surface area contributed by atoms with Gasteiger partial charge in [-0.1, -0.05) is 6.07 Å². The lowest BCUT2D eigenvalue weighted by Gasteiger charge is -2.10. The summed E-state index contributed by atoms with van der Waals surface area (Å²) in [6, 6.07) is 3.92. The summed E-state index contributed by atoms with van der Waals surface area (Å²) in [6.07, 6.45) is 8.24. The predicted octanol–water partition coefficient (Wildman–Crippen LogP) is 0.828. The van der Waals surface area contributed by atoms with Crippen molar-refractivity contribution in [2.75, 3.05) is 31.3 Å². The molecule has 0 spiro atoms. The number of rotatable bonds is 9. The minimum Gasteiger partial charge on any atom is -0.404 e. The monoisotopic (exact) mass is 396 g/mol. The predicted molar refractivity (Wildman–Crippen MR) is 112 cm³/mol. The average Bonchev–Trinajstić information content (AvgIpc) is 3.13. The third-order valence-corrected chi connectivity index (χ3v) is 4.13. The fourth-order valence-corrected chi connectivity index (χ4v) is 2.70. The summed E-state index contributed by atoms with van der Waals surface area (Å²) in [5, 5.41) is 12.1. The van der Waals surface area contributed by atoms with Crippen LogP contribution in [0, 0.1) is 0 Å². The number of fused-ring (bicyclic) bond motifs is 1. The van der Waals surface area contributed by atoms with Gasteiger partial charge >= 0.3 is 0 Å². The van der Waals surface area contributed by atoms with Crippen molar-refractivity contribution in [3.05, 3.63) is 53.9 Å². The highest BCUT2D eigenvalue weighted by Gasteiger charge is 2.09. The van der Waals surface area contributed by atoms with Gasteiger partial charge in [0.1, 0.15) is 5.65 Å². The topological polar surface area (TPSA) is 149 Å². The number of pyridine rings is 1. The quantitative estimate of drug-likeness (QED) is 0.389. The SMILES string of the molecule is COCc1cnc2ccc(CNc3nc(C(C=NCCO)=CN)cnc3N)cn12. The van der Waals surface area contributed by atoms with E-state index < -0.39 is 0 Å². The van der Waals surface area contributed by atoms with Crippen LogP contribution in [0.3, 0.4) is 0 Å². The third-order valence-electron chi connectivity index (χ3n) is 4.13. The molecule has 0 aromatic carbocycles. The molecule has 0 saturated carbocycles. The smallest absolute Gasteiger partial charge is 0.169 e. The molecule has 0 aliphatic rings. The molecular formula is C19H24N8O2. The van der Waals surface area contributed by atoms with Gasteiger partial charge in [-0.3, -0.25) is 4.99 Å². The summed E-state index contributed by atoms with van der Waals surface area (Å²) in [6.45, 7) is 1.21.